The highest BCUT2D eigenvalue weighted by Crippen LogP contribution is 2.32. The molecule has 246 valence electrons. The Labute approximate surface area is 264 Å². The molecule has 2 aromatic rings. The molecule has 0 aliphatic carbocycles. The zero-order valence-corrected chi connectivity index (χ0v) is 26.5. The van der Waals surface area contributed by atoms with Crippen LogP contribution < -0.4 is 9.47 Å². The van der Waals surface area contributed by atoms with Crippen LogP contribution in [-0.4, -0.2) is 67.9 Å². The summed E-state index contributed by atoms with van der Waals surface area (Å²) in [6.45, 7) is 7.81. The van der Waals surface area contributed by atoms with E-state index in [-0.39, 0.29) is 42.8 Å². The van der Waals surface area contributed by atoms with Gasteiger partial charge in [-0.15, -0.1) is 10.1 Å². The standard InChI is InChI=1S/C33H44N2O10/c1-5-8-16-28(44-32(37)24-34(6-2)7-3)26-14-10-11-15-27(26)33(38)45-29-19-17-25(23-30(29)41-4)18-20-31(36)42-21-12-9-13-22-43-35(39)40/h10-11,14-15,17-20,23,28H,5-9,12-13,16,21-22,24H2,1-4H3/b20-18+. The van der Waals surface area contributed by atoms with E-state index in [4.69, 9.17) is 18.9 Å². The van der Waals surface area contributed by atoms with Crippen molar-refractivity contribution < 1.29 is 43.3 Å². The van der Waals surface area contributed by atoms with E-state index >= 15 is 0 Å². The van der Waals surface area contributed by atoms with Crippen molar-refractivity contribution in [3.63, 3.8) is 0 Å². The van der Waals surface area contributed by atoms with E-state index in [1.807, 2.05) is 25.7 Å². The molecule has 2 rings (SSSR count). The summed E-state index contributed by atoms with van der Waals surface area (Å²) in [6.07, 6.45) is 6.14. The molecule has 12 heteroatoms. The van der Waals surface area contributed by atoms with Gasteiger partial charge in [-0.25, -0.2) is 9.59 Å². The van der Waals surface area contributed by atoms with Crippen LogP contribution in [0.4, 0.5) is 0 Å². The van der Waals surface area contributed by atoms with Crippen LogP contribution in [0.2, 0.25) is 0 Å². The highest BCUT2D eigenvalue weighted by atomic mass is 16.9. The van der Waals surface area contributed by atoms with Gasteiger partial charge in [-0.1, -0.05) is 51.5 Å². The summed E-state index contributed by atoms with van der Waals surface area (Å²) in [4.78, 5) is 54.6. The third-order valence-corrected chi connectivity index (χ3v) is 6.90. The van der Waals surface area contributed by atoms with Gasteiger partial charge in [0.05, 0.1) is 32.4 Å². The van der Waals surface area contributed by atoms with Gasteiger partial charge >= 0.3 is 17.9 Å². The summed E-state index contributed by atoms with van der Waals surface area (Å²) < 4.78 is 22.2. The molecule has 45 heavy (non-hydrogen) atoms. The van der Waals surface area contributed by atoms with E-state index in [1.165, 1.54) is 13.2 Å². The van der Waals surface area contributed by atoms with Crippen molar-refractivity contribution in [1.82, 2.24) is 4.90 Å². The van der Waals surface area contributed by atoms with Crippen LogP contribution in [0.3, 0.4) is 0 Å². The second-order valence-electron chi connectivity index (χ2n) is 10.1. The number of hydrogen-bond donors (Lipinski definition) is 0. The Morgan fingerprint density at radius 1 is 0.956 bits per heavy atom. The largest absolute Gasteiger partial charge is 0.493 e. The minimum absolute atomic E-state index is 0.00656. The van der Waals surface area contributed by atoms with Gasteiger partial charge in [-0.2, -0.15) is 0 Å². The van der Waals surface area contributed by atoms with E-state index in [1.54, 1.807) is 48.5 Å². The number of benzene rings is 2. The minimum Gasteiger partial charge on any atom is -0.493 e. The molecule has 1 atom stereocenters. The predicted octanol–water partition coefficient (Wildman–Crippen LogP) is 5.97. The lowest BCUT2D eigenvalue weighted by Crippen LogP contribution is -2.31. The average molecular weight is 629 g/mol. The first kappa shape index (κ1) is 36.7. The fourth-order valence-electron chi connectivity index (χ4n) is 4.39. The third kappa shape index (κ3) is 13.4. The Balaban J connectivity index is 2.08. The fraction of sp³-hybridized carbons (Fsp3) is 0.485. The molecular formula is C33H44N2O10. The maximum absolute atomic E-state index is 13.4. The molecule has 0 heterocycles. The summed E-state index contributed by atoms with van der Waals surface area (Å²) in [6, 6.07) is 11.8. The Morgan fingerprint density at radius 3 is 2.38 bits per heavy atom. The van der Waals surface area contributed by atoms with Crippen LogP contribution in [0.25, 0.3) is 6.08 Å². The number of methoxy groups -OCH3 is 1. The Bertz CT molecular complexity index is 1280. The molecule has 2 aromatic carbocycles. The van der Waals surface area contributed by atoms with E-state index in [0.717, 1.165) is 25.9 Å². The summed E-state index contributed by atoms with van der Waals surface area (Å²) >= 11 is 0. The first-order valence-corrected chi connectivity index (χ1v) is 15.2. The number of hydrogen-bond acceptors (Lipinski definition) is 11. The first-order valence-electron chi connectivity index (χ1n) is 15.2. The summed E-state index contributed by atoms with van der Waals surface area (Å²) in [5, 5.41) is 9.29. The number of esters is 3. The van der Waals surface area contributed by atoms with Gasteiger partial charge in [-0.05, 0) is 75.0 Å². The normalized spacial score (nSPS) is 11.7. The highest BCUT2D eigenvalue weighted by Gasteiger charge is 2.24. The maximum Gasteiger partial charge on any atom is 0.344 e. The van der Waals surface area contributed by atoms with Gasteiger partial charge in [0.2, 0.25) is 0 Å². The van der Waals surface area contributed by atoms with Crippen molar-refractivity contribution >= 4 is 24.0 Å². The molecule has 0 radical (unpaired) electrons. The Morgan fingerprint density at radius 2 is 1.69 bits per heavy atom. The lowest BCUT2D eigenvalue weighted by Gasteiger charge is -2.23. The molecule has 12 nitrogen and oxygen atoms in total. The van der Waals surface area contributed by atoms with Crippen molar-refractivity contribution in [1.29, 1.82) is 0 Å². The van der Waals surface area contributed by atoms with Crippen molar-refractivity contribution in [2.75, 3.05) is 40.0 Å². The minimum atomic E-state index is -0.838. The van der Waals surface area contributed by atoms with Gasteiger partial charge in [0, 0.05) is 11.6 Å². The molecule has 0 aliphatic heterocycles. The number of nitrogens with zero attached hydrogens (tertiary/aromatic N) is 2. The molecule has 0 amide bonds. The highest BCUT2D eigenvalue weighted by molar-refractivity contribution is 5.93. The molecule has 0 saturated carbocycles. The Kier molecular flexibility index (Phi) is 16.7. The molecule has 0 aliphatic rings. The Hall–Kier alpha value is -4.45. The maximum atomic E-state index is 13.4. The molecule has 0 N–H and O–H groups in total. The third-order valence-electron chi connectivity index (χ3n) is 6.90. The lowest BCUT2D eigenvalue weighted by atomic mass is 9.98. The van der Waals surface area contributed by atoms with Gasteiger partial charge in [-0.3, -0.25) is 9.69 Å². The number of rotatable bonds is 21. The van der Waals surface area contributed by atoms with Crippen LogP contribution >= 0.6 is 0 Å². The summed E-state index contributed by atoms with van der Waals surface area (Å²) in [5.74, 6) is -1.05. The lowest BCUT2D eigenvalue weighted by molar-refractivity contribution is -0.757. The molecule has 0 bridgehead atoms. The van der Waals surface area contributed by atoms with Crippen molar-refractivity contribution in [2.24, 2.45) is 0 Å². The van der Waals surface area contributed by atoms with E-state index in [0.29, 0.717) is 36.8 Å². The molecule has 0 saturated heterocycles. The molecule has 0 spiro atoms. The van der Waals surface area contributed by atoms with E-state index in [9.17, 15) is 24.5 Å². The summed E-state index contributed by atoms with van der Waals surface area (Å²) in [7, 11) is 1.44. The van der Waals surface area contributed by atoms with Gasteiger partial charge in [0.1, 0.15) is 6.10 Å². The van der Waals surface area contributed by atoms with Crippen molar-refractivity contribution in [3.8, 4) is 11.5 Å². The quantitative estimate of drug-likeness (QED) is 0.0403. The predicted molar refractivity (Wildman–Crippen MR) is 167 cm³/mol. The van der Waals surface area contributed by atoms with Crippen molar-refractivity contribution in [3.05, 3.63) is 75.3 Å². The van der Waals surface area contributed by atoms with Crippen LogP contribution in [0.5, 0.6) is 11.5 Å². The van der Waals surface area contributed by atoms with Crippen LogP contribution in [0.1, 0.15) is 86.9 Å². The molecule has 1 unspecified atom stereocenters. The number of ether oxygens (including phenoxy) is 4. The van der Waals surface area contributed by atoms with Gasteiger partial charge in [0.15, 0.2) is 11.5 Å². The van der Waals surface area contributed by atoms with Crippen molar-refractivity contribution in [2.45, 2.75) is 65.4 Å². The number of carbonyl (C=O) groups excluding carboxylic acids is 3. The number of likely N-dealkylation sites (N-methyl/N-ethyl adjacent to an activating group) is 1. The smallest absolute Gasteiger partial charge is 0.344 e. The topological polar surface area (TPSA) is 144 Å². The fourth-order valence-corrected chi connectivity index (χ4v) is 4.39. The van der Waals surface area contributed by atoms with Crippen LogP contribution in [-0.2, 0) is 23.9 Å². The van der Waals surface area contributed by atoms with Crippen LogP contribution in [0, 0.1) is 10.1 Å². The van der Waals surface area contributed by atoms with Crippen LogP contribution in [0.15, 0.2) is 48.5 Å². The zero-order chi connectivity index (χ0) is 33.0. The SMILES string of the molecule is CCCCC(OC(=O)CN(CC)CC)c1ccccc1C(=O)Oc1ccc(/C=C/C(=O)OCCCCCO[N+](=O)[O-])cc1OC. The van der Waals surface area contributed by atoms with E-state index < -0.39 is 23.1 Å². The number of carbonyl (C=O) groups is 3. The first-order chi connectivity index (χ1) is 21.7. The van der Waals surface area contributed by atoms with Gasteiger partial charge in [0.25, 0.3) is 5.09 Å². The number of unbranched alkanes of at least 4 members (excludes halogenated alkanes) is 3. The van der Waals surface area contributed by atoms with E-state index in [2.05, 4.69) is 4.84 Å². The second-order valence-corrected chi connectivity index (χ2v) is 10.1. The monoisotopic (exact) mass is 628 g/mol. The molecule has 0 fully saturated rings. The second kappa shape index (κ2) is 20.5. The molecule has 0 aromatic heterocycles. The average Bonchev–Trinajstić information content (AvgIpc) is 3.04. The molecular weight excluding hydrogens is 584 g/mol. The van der Waals surface area contributed by atoms with Gasteiger partial charge < -0.3 is 23.8 Å². The summed E-state index contributed by atoms with van der Waals surface area (Å²) in [5.41, 5.74) is 1.47. The zero-order valence-electron chi connectivity index (χ0n) is 26.5.